The van der Waals surface area contributed by atoms with E-state index in [9.17, 15) is 0 Å². The van der Waals surface area contributed by atoms with E-state index in [1.54, 1.807) is 0 Å². The van der Waals surface area contributed by atoms with Gasteiger partial charge in [-0.15, -0.1) is 0 Å². The molecule has 0 aliphatic carbocycles. The van der Waals surface area contributed by atoms with Crippen LogP contribution in [0, 0.1) is 0 Å². The van der Waals surface area contributed by atoms with E-state index in [1.807, 2.05) is 0 Å². The second-order valence-corrected chi connectivity index (χ2v) is 0. The predicted octanol–water partition coefficient (Wildman–Crippen LogP) is -2.48. The molecule has 0 aromatic heterocycles. The van der Waals surface area contributed by atoms with Crippen molar-refractivity contribution in [3.8, 4) is 0 Å². The third kappa shape index (κ3) is 2620. The van der Waals surface area contributed by atoms with Crippen LogP contribution in [0.3, 0.4) is 0 Å². The van der Waals surface area contributed by atoms with E-state index in [1.165, 1.54) is 0 Å². The normalized spacial score (nSPS) is 2.67. The molecule has 0 saturated heterocycles. The number of aliphatic hydroxyl groups is 4. The summed E-state index contributed by atoms with van der Waals surface area (Å²) in [6, 6.07) is 0. The van der Waals surface area contributed by atoms with Crippen LogP contribution in [0.15, 0.2) is 0 Å². The van der Waals surface area contributed by atoms with Crippen LogP contribution in [-0.4, -0.2) is 65.9 Å². The molecule has 0 saturated carbocycles. The molecule has 0 fully saturated rings. The Morgan fingerprint density at radius 1 is 0.444 bits per heavy atom. The van der Waals surface area contributed by atoms with Crippen molar-refractivity contribution < 1.29 is 20.4 Å². The molecule has 0 heterocycles. The summed E-state index contributed by atoms with van der Waals surface area (Å²) in [6.45, 7) is 0. The molecular formula is C4H18O4Se. The molecule has 4 nitrogen and oxygen atoms in total. The first-order chi connectivity index (χ1) is 4.00. The van der Waals surface area contributed by atoms with Crippen LogP contribution in [0.25, 0.3) is 0 Å². The molecule has 0 rings (SSSR count). The second-order valence-electron chi connectivity index (χ2n) is 0. The summed E-state index contributed by atoms with van der Waals surface area (Å²) in [5.41, 5.74) is 0. The standard InChI is InChI=1S/4CH4O.H2Se/c4*1-2;/h4*2H,1H3;1H2. The van der Waals surface area contributed by atoms with Crippen LogP contribution >= 0.6 is 0 Å². The Morgan fingerprint density at radius 3 is 0.444 bits per heavy atom. The Hall–Kier alpha value is 0.359. The van der Waals surface area contributed by atoms with E-state index in [2.05, 4.69) is 0 Å². The molecule has 4 N–H and O–H groups in total. The molecule has 5 heteroatoms. The van der Waals surface area contributed by atoms with Gasteiger partial charge in [0.05, 0.1) is 0 Å². The molecule has 0 aromatic rings. The summed E-state index contributed by atoms with van der Waals surface area (Å²) in [5.74, 6) is 0. The van der Waals surface area contributed by atoms with Crippen molar-refractivity contribution in [1.29, 1.82) is 0 Å². The molecule has 9 heavy (non-hydrogen) atoms. The van der Waals surface area contributed by atoms with Crippen LogP contribution < -0.4 is 0 Å². The Bertz CT molecular complexity index is 12.5. The van der Waals surface area contributed by atoms with Gasteiger partial charge in [-0.25, -0.2) is 0 Å². The zero-order chi connectivity index (χ0) is 8.00. The average molecular weight is 209 g/mol. The van der Waals surface area contributed by atoms with Gasteiger partial charge in [-0.1, -0.05) is 0 Å². The summed E-state index contributed by atoms with van der Waals surface area (Å²) in [6.07, 6.45) is 0. The van der Waals surface area contributed by atoms with Crippen LogP contribution in [-0.2, 0) is 0 Å². The molecule has 0 bridgehead atoms. The summed E-state index contributed by atoms with van der Waals surface area (Å²) in [4.78, 5) is 0. The molecule has 0 amide bonds. The van der Waals surface area contributed by atoms with Gasteiger partial charge in [-0.3, -0.25) is 0 Å². The molecule has 0 aromatic carbocycles. The van der Waals surface area contributed by atoms with Gasteiger partial charge in [-0.2, -0.15) is 0 Å². The van der Waals surface area contributed by atoms with Crippen molar-refractivity contribution >= 4 is 17.1 Å². The third-order valence-corrected chi connectivity index (χ3v) is 0. The summed E-state index contributed by atoms with van der Waals surface area (Å²) in [5, 5.41) is 28.0. The molecule has 0 atom stereocenters. The minimum atomic E-state index is 0. The first-order valence-electron chi connectivity index (χ1n) is 1.79. The number of hydrogen-bond donors (Lipinski definition) is 4. The van der Waals surface area contributed by atoms with Gasteiger partial charge in [0.2, 0.25) is 0 Å². The fourth-order valence-corrected chi connectivity index (χ4v) is 0. The number of hydrogen-bond acceptors (Lipinski definition) is 4. The maximum absolute atomic E-state index is 7.00. The van der Waals surface area contributed by atoms with Crippen molar-refractivity contribution in [2.75, 3.05) is 28.4 Å². The minimum absolute atomic E-state index is 0. The van der Waals surface area contributed by atoms with Gasteiger partial charge in [0.25, 0.3) is 0 Å². The molecular weight excluding hydrogens is 191 g/mol. The molecule has 0 spiro atoms. The molecule has 0 unspecified atom stereocenters. The Morgan fingerprint density at radius 2 is 0.444 bits per heavy atom. The van der Waals surface area contributed by atoms with Crippen molar-refractivity contribution in [3.05, 3.63) is 0 Å². The second kappa shape index (κ2) is 3500. The number of rotatable bonds is 0. The van der Waals surface area contributed by atoms with Crippen molar-refractivity contribution in [2.24, 2.45) is 0 Å². The van der Waals surface area contributed by atoms with E-state index < -0.39 is 0 Å². The van der Waals surface area contributed by atoms with Gasteiger partial charge >= 0.3 is 17.1 Å². The maximum atomic E-state index is 7.00. The quantitative estimate of drug-likeness (QED) is 0.333. The van der Waals surface area contributed by atoms with Crippen LogP contribution in [0.2, 0.25) is 0 Å². The van der Waals surface area contributed by atoms with Crippen molar-refractivity contribution in [1.82, 2.24) is 0 Å². The fraction of sp³-hybridized carbons (Fsp3) is 1.00. The summed E-state index contributed by atoms with van der Waals surface area (Å²) >= 11 is 0. The Kier molecular flexibility index (Phi) is 13400. The molecule has 64 valence electrons. The Labute approximate surface area is 66.6 Å². The molecule has 0 aliphatic heterocycles. The summed E-state index contributed by atoms with van der Waals surface area (Å²) in [7, 11) is 4.00. The fourth-order valence-electron chi connectivity index (χ4n) is 0. The zero-order valence-corrected chi connectivity index (χ0v) is 8.39. The average Bonchev–Trinajstić information content (AvgIpc) is 2.03. The van der Waals surface area contributed by atoms with E-state index in [4.69, 9.17) is 20.4 Å². The first kappa shape index (κ1) is 34.4. The van der Waals surface area contributed by atoms with Gasteiger partial charge in [0.1, 0.15) is 0 Å². The van der Waals surface area contributed by atoms with Gasteiger partial charge in [0.15, 0.2) is 0 Å². The van der Waals surface area contributed by atoms with Gasteiger partial charge in [-0.05, 0) is 0 Å². The van der Waals surface area contributed by atoms with Crippen molar-refractivity contribution in [3.63, 3.8) is 0 Å². The number of aliphatic hydroxyl groups excluding tert-OH is 4. The van der Waals surface area contributed by atoms with E-state index in [-0.39, 0.29) is 17.1 Å². The monoisotopic (exact) mass is 210 g/mol. The predicted molar refractivity (Wildman–Crippen MR) is 41.1 cm³/mol. The van der Waals surface area contributed by atoms with Crippen molar-refractivity contribution in [2.45, 2.75) is 0 Å². The SMILES string of the molecule is CO.CO.CO.CO.[SeH2]. The Balaban J connectivity index is -0.00000000762. The van der Waals surface area contributed by atoms with Crippen LogP contribution in [0.4, 0.5) is 0 Å². The third-order valence-electron chi connectivity index (χ3n) is 0. The zero-order valence-electron chi connectivity index (χ0n) is 6.29. The van der Waals surface area contributed by atoms with E-state index >= 15 is 0 Å². The van der Waals surface area contributed by atoms with Gasteiger partial charge < -0.3 is 20.4 Å². The van der Waals surface area contributed by atoms with E-state index in [0.717, 1.165) is 28.4 Å². The first-order valence-corrected chi connectivity index (χ1v) is 1.79. The van der Waals surface area contributed by atoms with E-state index in [0.29, 0.717) is 0 Å². The van der Waals surface area contributed by atoms with Crippen LogP contribution in [0.1, 0.15) is 0 Å². The topological polar surface area (TPSA) is 80.9 Å². The molecule has 0 radical (unpaired) electrons. The van der Waals surface area contributed by atoms with Gasteiger partial charge in [0, 0.05) is 28.4 Å². The molecule has 0 aliphatic rings. The van der Waals surface area contributed by atoms with Crippen LogP contribution in [0.5, 0.6) is 0 Å². The summed E-state index contributed by atoms with van der Waals surface area (Å²) < 4.78 is 0.